The van der Waals surface area contributed by atoms with Crippen LogP contribution in [0.4, 0.5) is 5.69 Å². The van der Waals surface area contributed by atoms with Crippen molar-refractivity contribution in [1.82, 2.24) is 0 Å². The molecule has 0 fully saturated rings. The van der Waals surface area contributed by atoms with Gasteiger partial charge in [-0.2, -0.15) is 0 Å². The number of benzene rings is 1. The van der Waals surface area contributed by atoms with Crippen molar-refractivity contribution >= 4 is 11.7 Å². The minimum Gasteiger partial charge on any atom is -0.480 e. The maximum Gasteiger partial charge on any atom is 0.344 e. The first-order chi connectivity index (χ1) is 8.74. The van der Waals surface area contributed by atoms with Crippen molar-refractivity contribution in [2.45, 2.75) is 19.3 Å². The van der Waals surface area contributed by atoms with Gasteiger partial charge in [-0.15, -0.1) is 0 Å². The monoisotopic (exact) mass is 253 g/mol. The second kappa shape index (κ2) is 8.36. The van der Waals surface area contributed by atoms with E-state index < -0.39 is 5.97 Å². The Bertz CT molecular complexity index is 368. The molecule has 0 aromatic heterocycles. The first-order valence-corrected chi connectivity index (χ1v) is 5.98. The average molecular weight is 253 g/mol. The van der Waals surface area contributed by atoms with E-state index in [1.165, 1.54) is 0 Å². The van der Waals surface area contributed by atoms with Gasteiger partial charge in [-0.25, -0.2) is 4.79 Å². The highest BCUT2D eigenvalue weighted by atomic mass is 16.6. The van der Waals surface area contributed by atoms with Crippen LogP contribution in [0.15, 0.2) is 24.3 Å². The lowest BCUT2D eigenvalue weighted by atomic mass is 10.2. The summed E-state index contributed by atoms with van der Waals surface area (Å²) in [4.78, 5) is 11.3. The molecule has 0 aliphatic rings. The Morgan fingerprint density at radius 1 is 1.22 bits per heavy atom. The Morgan fingerprint density at radius 3 is 2.72 bits per heavy atom. The third-order valence-electron chi connectivity index (χ3n) is 2.33. The van der Waals surface area contributed by atoms with Crippen LogP contribution in [0, 0.1) is 0 Å². The summed E-state index contributed by atoms with van der Waals surface area (Å²) < 4.78 is 10.2. The summed E-state index contributed by atoms with van der Waals surface area (Å²) in [5, 5.41) is 8.57. The van der Waals surface area contributed by atoms with E-state index >= 15 is 0 Å². The summed E-state index contributed by atoms with van der Waals surface area (Å²) in [6.45, 7) is 0.380. The molecule has 0 atom stereocenters. The van der Waals surface area contributed by atoms with Gasteiger partial charge < -0.3 is 20.3 Å². The number of anilines is 1. The summed E-state index contributed by atoms with van der Waals surface area (Å²) in [5.41, 5.74) is 6.15. The highest BCUT2D eigenvalue weighted by molar-refractivity contribution is 5.71. The lowest BCUT2D eigenvalue weighted by molar-refractivity contribution is -0.146. The molecule has 0 bridgehead atoms. The molecule has 1 aromatic carbocycles. The van der Waals surface area contributed by atoms with E-state index in [0.29, 0.717) is 18.0 Å². The van der Waals surface area contributed by atoms with Crippen LogP contribution in [0.2, 0.25) is 0 Å². The zero-order chi connectivity index (χ0) is 13.2. The van der Waals surface area contributed by atoms with Gasteiger partial charge in [0.15, 0.2) is 6.61 Å². The predicted octanol–water partition coefficient (Wildman–Crippen LogP) is 1.35. The Hall–Kier alpha value is -1.75. The average Bonchev–Trinajstić information content (AvgIpc) is 2.37. The van der Waals surface area contributed by atoms with Gasteiger partial charge >= 0.3 is 5.97 Å². The van der Waals surface area contributed by atoms with Crippen LogP contribution in [0.3, 0.4) is 0 Å². The van der Waals surface area contributed by atoms with Gasteiger partial charge in [0.25, 0.3) is 0 Å². The molecule has 0 saturated heterocycles. The number of aliphatic hydroxyl groups is 1. The predicted molar refractivity (Wildman–Crippen MR) is 68.2 cm³/mol. The largest absolute Gasteiger partial charge is 0.480 e. The first-order valence-electron chi connectivity index (χ1n) is 5.98. The van der Waals surface area contributed by atoms with E-state index in [9.17, 15) is 4.79 Å². The molecule has 0 saturated carbocycles. The van der Waals surface area contributed by atoms with Crippen LogP contribution >= 0.6 is 0 Å². The molecule has 1 rings (SSSR count). The number of esters is 1. The van der Waals surface area contributed by atoms with Crippen molar-refractivity contribution in [3.05, 3.63) is 24.3 Å². The van der Waals surface area contributed by atoms with E-state index in [-0.39, 0.29) is 13.2 Å². The zero-order valence-electron chi connectivity index (χ0n) is 10.3. The number of carbonyl (C=O) groups is 1. The third kappa shape index (κ3) is 5.54. The molecule has 18 heavy (non-hydrogen) atoms. The molecule has 0 radical (unpaired) electrons. The number of rotatable bonds is 8. The topological polar surface area (TPSA) is 81.8 Å². The standard InChI is InChI=1S/C13H19NO4/c14-11-6-2-3-7-12(11)18-10-13(16)17-9-5-1-4-8-15/h2-3,6-7,15H,1,4-5,8-10,14H2. The Labute approximate surface area is 107 Å². The maximum absolute atomic E-state index is 11.3. The van der Waals surface area contributed by atoms with E-state index in [1.54, 1.807) is 24.3 Å². The van der Waals surface area contributed by atoms with Gasteiger partial charge in [-0.1, -0.05) is 12.1 Å². The minimum absolute atomic E-state index is 0.145. The lowest BCUT2D eigenvalue weighted by Crippen LogP contribution is -2.16. The fraction of sp³-hybridized carbons (Fsp3) is 0.462. The quantitative estimate of drug-likeness (QED) is 0.415. The van der Waals surface area contributed by atoms with E-state index in [0.717, 1.165) is 19.3 Å². The molecule has 5 nitrogen and oxygen atoms in total. The molecule has 0 heterocycles. The summed E-state index contributed by atoms with van der Waals surface area (Å²) in [7, 11) is 0. The summed E-state index contributed by atoms with van der Waals surface area (Å²) in [5.74, 6) is 0.0667. The van der Waals surface area contributed by atoms with Gasteiger partial charge in [-0.05, 0) is 31.4 Å². The van der Waals surface area contributed by atoms with E-state index in [1.807, 2.05) is 0 Å². The van der Waals surface area contributed by atoms with Gasteiger partial charge in [0.05, 0.1) is 12.3 Å². The number of hydrogen-bond acceptors (Lipinski definition) is 5. The second-order valence-electron chi connectivity index (χ2n) is 3.83. The van der Waals surface area contributed by atoms with Gasteiger partial charge in [0, 0.05) is 6.61 Å². The fourth-order valence-corrected chi connectivity index (χ4v) is 1.37. The van der Waals surface area contributed by atoms with Crippen molar-refractivity contribution in [3.63, 3.8) is 0 Å². The van der Waals surface area contributed by atoms with Crippen LogP contribution in [-0.4, -0.2) is 30.9 Å². The number of carbonyl (C=O) groups excluding carboxylic acids is 1. The maximum atomic E-state index is 11.3. The Kier molecular flexibility index (Phi) is 6.64. The molecule has 0 aliphatic carbocycles. The van der Waals surface area contributed by atoms with Gasteiger partial charge in [0.1, 0.15) is 5.75 Å². The second-order valence-corrected chi connectivity index (χ2v) is 3.83. The fourth-order valence-electron chi connectivity index (χ4n) is 1.37. The summed E-state index contributed by atoms with van der Waals surface area (Å²) in [6, 6.07) is 6.98. The summed E-state index contributed by atoms with van der Waals surface area (Å²) >= 11 is 0. The Morgan fingerprint density at radius 2 is 2.00 bits per heavy atom. The van der Waals surface area contributed by atoms with Crippen LogP contribution < -0.4 is 10.5 Å². The van der Waals surface area contributed by atoms with Crippen LogP contribution in [0.25, 0.3) is 0 Å². The van der Waals surface area contributed by atoms with Crippen molar-refractivity contribution in [1.29, 1.82) is 0 Å². The number of para-hydroxylation sites is 2. The summed E-state index contributed by atoms with van der Waals surface area (Å²) in [6.07, 6.45) is 2.32. The molecule has 0 aliphatic heterocycles. The highest BCUT2D eigenvalue weighted by Crippen LogP contribution is 2.19. The normalized spacial score (nSPS) is 10.1. The molecule has 100 valence electrons. The van der Waals surface area contributed by atoms with Crippen LogP contribution in [0.5, 0.6) is 5.75 Å². The molecule has 1 aromatic rings. The number of hydrogen-bond donors (Lipinski definition) is 2. The number of nitrogens with two attached hydrogens (primary N) is 1. The molecule has 5 heteroatoms. The van der Waals surface area contributed by atoms with Crippen molar-refractivity contribution in [2.24, 2.45) is 0 Å². The van der Waals surface area contributed by atoms with Gasteiger partial charge in [-0.3, -0.25) is 0 Å². The lowest BCUT2D eigenvalue weighted by Gasteiger charge is -2.08. The molecule has 0 spiro atoms. The number of aliphatic hydroxyl groups excluding tert-OH is 1. The highest BCUT2D eigenvalue weighted by Gasteiger charge is 2.05. The smallest absolute Gasteiger partial charge is 0.344 e. The van der Waals surface area contributed by atoms with Crippen molar-refractivity contribution in [2.75, 3.05) is 25.6 Å². The van der Waals surface area contributed by atoms with Crippen molar-refractivity contribution < 1.29 is 19.4 Å². The Balaban J connectivity index is 2.15. The van der Waals surface area contributed by atoms with Crippen molar-refractivity contribution in [3.8, 4) is 5.75 Å². The van der Waals surface area contributed by atoms with E-state index in [2.05, 4.69) is 0 Å². The molecule has 3 N–H and O–H groups in total. The SMILES string of the molecule is Nc1ccccc1OCC(=O)OCCCCCO. The molecular formula is C13H19NO4. The number of ether oxygens (including phenoxy) is 2. The van der Waals surface area contributed by atoms with E-state index in [4.69, 9.17) is 20.3 Å². The van der Waals surface area contributed by atoms with Crippen LogP contribution in [-0.2, 0) is 9.53 Å². The minimum atomic E-state index is -0.415. The number of nitrogen functional groups attached to an aromatic ring is 1. The molecular weight excluding hydrogens is 234 g/mol. The third-order valence-corrected chi connectivity index (χ3v) is 2.33. The first kappa shape index (κ1) is 14.3. The van der Waals surface area contributed by atoms with Gasteiger partial charge in [0.2, 0.25) is 0 Å². The number of unbranched alkanes of at least 4 members (excludes halogenated alkanes) is 2. The molecule has 0 unspecified atom stereocenters. The van der Waals surface area contributed by atoms with Crippen LogP contribution in [0.1, 0.15) is 19.3 Å². The zero-order valence-corrected chi connectivity index (χ0v) is 10.3. The molecule has 0 amide bonds.